The van der Waals surface area contributed by atoms with Gasteiger partial charge in [0.15, 0.2) is 0 Å². The SMILES string of the molecule is CC(OC(=O)c1cccc(Cl)c1)C(C)(C)OC(=O)c1cccc(Cl)c1. The van der Waals surface area contributed by atoms with Crippen molar-refractivity contribution >= 4 is 35.1 Å². The van der Waals surface area contributed by atoms with Crippen LogP contribution in [0.4, 0.5) is 0 Å². The van der Waals surface area contributed by atoms with Crippen LogP contribution in [-0.4, -0.2) is 23.6 Å². The normalized spacial score (nSPS) is 12.4. The molecule has 4 nitrogen and oxygen atoms in total. The average Bonchev–Trinajstić information content (AvgIpc) is 2.54. The topological polar surface area (TPSA) is 52.6 Å². The van der Waals surface area contributed by atoms with Crippen molar-refractivity contribution in [3.63, 3.8) is 0 Å². The Morgan fingerprint density at radius 1 is 0.920 bits per heavy atom. The molecule has 132 valence electrons. The van der Waals surface area contributed by atoms with Crippen molar-refractivity contribution in [3.05, 3.63) is 69.7 Å². The van der Waals surface area contributed by atoms with Crippen molar-refractivity contribution in [2.75, 3.05) is 0 Å². The van der Waals surface area contributed by atoms with Crippen LogP contribution in [0.1, 0.15) is 41.5 Å². The second-order valence-corrected chi connectivity index (χ2v) is 6.93. The van der Waals surface area contributed by atoms with Crippen molar-refractivity contribution < 1.29 is 19.1 Å². The van der Waals surface area contributed by atoms with E-state index in [-0.39, 0.29) is 0 Å². The quantitative estimate of drug-likeness (QED) is 0.670. The van der Waals surface area contributed by atoms with E-state index in [1.54, 1.807) is 57.2 Å². The van der Waals surface area contributed by atoms with Gasteiger partial charge in [0.2, 0.25) is 0 Å². The Balaban J connectivity index is 2.05. The molecule has 1 atom stereocenters. The molecule has 0 aromatic heterocycles. The molecular formula is C19H18Cl2O4. The molecule has 2 aromatic rings. The van der Waals surface area contributed by atoms with Gasteiger partial charge in [-0.2, -0.15) is 0 Å². The lowest BCUT2D eigenvalue weighted by atomic mass is 10.0. The number of esters is 2. The van der Waals surface area contributed by atoms with Gasteiger partial charge < -0.3 is 9.47 Å². The minimum Gasteiger partial charge on any atom is -0.455 e. The minimum absolute atomic E-state index is 0.328. The molecule has 0 aliphatic carbocycles. The maximum atomic E-state index is 12.3. The summed E-state index contributed by atoms with van der Waals surface area (Å²) in [5.74, 6) is -1.08. The van der Waals surface area contributed by atoms with Crippen molar-refractivity contribution in [2.24, 2.45) is 0 Å². The number of hydrogen-bond donors (Lipinski definition) is 0. The highest BCUT2D eigenvalue weighted by molar-refractivity contribution is 6.31. The Hall–Kier alpha value is -2.04. The molecule has 0 saturated heterocycles. The van der Waals surface area contributed by atoms with Crippen LogP contribution in [0.5, 0.6) is 0 Å². The highest BCUT2D eigenvalue weighted by Gasteiger charge is 2.33. The fraction of sp³-hybridized carbons (Fsp3) is 0.263. The van der Waals surface area contributed by atoms with Gasteiger partial charge >= 0.3 is 11.9 Å². The van der Waals surface area contributed by atoms with Crippen molar-refractivity contribution in [1.82, 2.24) is 0 Å². The first-order valence-corrected chi connectivity index (χ1v) is 8.40. The summed E-state index contributed by atoms with van der Waals surface area (Å²) >= 11 is 11.8. The summed E-state index contributed by atoms with van der Waals surface area (Å²) in [5, 5.41) is 0.876. The van der Waals surface area contributed by atoms with E-state index in [9.17, 15) is 9.59 Å². The van der Waals surface area contributed by atoms with Crippen LogP contribution in [-0.2, 0) is 9.47 Å². The maximum Gasteiger partial charge on any atom is 0.338 e. The van der Waals surface area contributed by atoms with Gasteiger partial charge in [-0.3, -0.25) is 0 Å². The third-order valence-electron chi connectivity index (χ3n) is 3.74. The van der Waals surface area contributed by atoms with E-state index in [4.69, 9.17) is 32.7 Å². The van der Waals surface area contributed by atoms with E-state index in [1.807, 2.05) is 0 Å². The van der Waals surface area contributed by atoms with E-state index < -0.39 is 23.6 Å². The summed E-state index contributed by atoms with van der Waals surface area (Å²) in [6, 6.07) is 12.9. The van der Waals surface area contributed by atoms with Crippen LogP contribution in [0.2, 0.25) is 10.0 Å². The average molecular weight is 381 g/mol. The van der Waals surface area contributed by atoms with E-state index in [1.165, 1.54) is 12.1 Å². The first-order chi connectivity index (χ1) is 11.7. The van der Waals surface area contributed by atoms with Crippen molar-refractivity contribution in [1.29, 1.82) is 0 Å². The third-order valence-corrected chi connectivity index (χ3v) is 4.21. The Morgan fingerprint density at radius 2 is 1.40 bits per heavy atom. The predicted octanol–water partition coefficient (Wildman–Crippen LogP) is 5.17. The van der Waals surface area contributed by atoms with Gasteiger partial charge in [-0.05, 0) is 57.2 Å². The first kappa shape index (κ1) is 19.3. The molecule has 0 spiro atoms. The summed E-state index contributed by atoms with van der Waals surface area (Å²) in [5.41, 5.74) is -0.376. The van der Waals surface area contributed by atoms with Crippen molar-refractivity contribution in [3.8, 4) is 0 Å². The summed E-state index contributed by atoms with van der Waals surface area (Å²) in [6.45, 7) is 5.00. The van der Waals surface area contributed by atoms with Crippen LogP contribution in [0.25, 0.3) is 0 Å². The standard InChI is InChI=1S/C19H18Cl2O4/c1-12(24-17(22)13-6-4-8-15(20)10-13)19(2,3)25-18(23)14-7-5-9-16(21)11-14/h4-12H,1-3H3. The zero-order chi connectivity index (χ0) is 18.6. The largest absolute Gasteiger partial charge is 0.455 e. The van der Waals surface area contributed by atoms with Crippen LogP contribution >= 0.6 is 23.2 Å². The van der Waals surface area contributed by atoms with Crippen LogP contribution in [0.3, 0.4) is 0 Å². The number of ether oxygens (including phenoxy) is 2. The Kier molecular flexibility index (Phi) is 6.09. The van der Waals surface area contributed by atoms with Gasteiger partial charge in [-0.15, -0.1) is 0 Å². The number of hydrogen-bond acceptors (Lipinski definition) is 4. The molecule has 1 unspecified atom stereocenters. The van der Waals surface area contributed by atoms with E-state index in [0.29, 0.717) is 21.2 Å². The number of carbonyl (C=O) groups excluding carboxylic acids is 2. The second kappa shape index (κ2) is 7.89. The van der Waals surface area contributed by atoms with E-state index in [0.717, 1.165) is 0 Å². The summed E-state index contributed by atoms with van der Waals surface area (Å²) in [4.78, 5) is 24.5. The van der Waals surface area contributed by atoms with Gasteiger partial charge in [-0.25, -0.2) is 9.59 Å². The molecule has 0 radical (unpaired) electrons. The van der Waals surface area contributed by atoms with Gasteiger partial charge in [0.25, 0.3) is 0 Å². The lowest BCUT2D eigenvalue weighted by molar-refractivity contribution is -0.0720. The third kappa shape index (κ3) is 5.21. The van der Waals surface area contributed by atoms with Gasteiger partial charge in [0, 0.05) is 10.0 Å². The maximum absolute atomic E-state index is 12.3. The second-order valence-electron chi connectivity index (χ2n) is 6.06. The zero-order valence-electron chi connectivity index (χ0n) is 14.1. The molecule has 6 heteroatoms. The number of benzene rings is 2. The van der Waals surface area contributed by atoms with Gasteiger partial charge in [0.05, 0.1) is 11.1 Å². The Bertz CT molecular complexity index is 786. The van der Waals surface area contributed by atoms with Crippen LogP contribution < -0.4 is 0 Å². The molecule has 0 bridgehead atoms. The molecular weight excluding hydrogens is 363 g/mol. The number of carbonyl (C=O) groups is 2. The molecule has 0 aliphatic rings. The van der Waals surface area contributed by atoms with Gasteiger partial charge in [-0.1, -0.05) is 35.3 Å². The van der Waals surface area contributed by atoms with Crippen LogP contribution in [0, 0.1) is 0 Å². The molecule has 0 saturated carbocycles. The zero-order valence-corrected chi connectivity index (χ0v) is 15.6. The fourth-order valence-corrected chi connectivity index (χ4v) is 2.36. The fourth-order valence-electron chi connectivity index (χ4n) is 1.98. The number of rotatable bonds is 5. The molecule has 25 heavy (non-hydrogen) atoms. The minimum atomic E-state index is -1.03. The van der Waals surface area contributed by atoms with Gasteiger partial charge in [0.1, 0.15) is 11.7 Å². The lowest BCUT2D eigenvalue weighted by Crippen LogP contribution is -2.42. The van der Waals surface area contributed by atoms with Crippen molar-refractivity contribution in [2.45, 2.75) is 32.5 Å². The summed E-state index contributed by atoms with van der Waals surface area (Å²) in [7, 11) is 0. The lowest BCUT2D eigenvalue weighted by Gasteiger charge is -2.31. The summed E-state index contributed by atoms with van der Waals surface area (Å²) in [6.07, 6.45) is -0.679. The highest BCUT2D eigenvalue weighted by atomic mass is 35.5. The summed E-state index contributed by atoms with van der Waals surface area (Å²) < 4.78 is 10.9. The molecule has 0 amide bonds. The smallest absolute Gasteiger partial charge is 0.338 e. The van der Waals surface area contributed by atoms with Crippen LogP contribution in [0.15, 0.2) is 48.5 Å². The Morgan fingerprint density at radius 3 is 1.88 bits per heavy atom. The van der Waals surface area contributed by atoms with E-state index in [2.05, 4.69) is 0 Å². The molecule has 2 rings (SSSR count). The monoisotopic (exact) mass is 380 g/mol. The highest BCUT2D eigenvalue weighted by Crippen LogP contribution is 2.22. The Labute approximate surface area is 156 Å². The predicted molar refractivity (Wildman–Crippen MR) is 97.3 cm³/mol. The molecule has 0 N–H and O–H groups in total. The first-order valence-electron chi connectivity index (χ1n) is 7.64. The molecule has 0 aliphatic heterocycles. The number of halogens is 2. The molecule has 0 fully saturated rings. The molecule has 0 heterocycles. The molecule has 2 aromatic carbocycles. The van der Waals surface area contributed by atoms with E-state index >= 15 is 0 Å².